The summed E-state index contributed by atoms with van der Waals surface area (Å²) in [5.41, 5.74) is 0.982. The van der Waals surface area contributed by atoms with Gasteiger partial charge in [0, 0.05) is 13.1 Å². The maximum absolute atomic E-state index is 11.8. The van der Waals surface area contributed by atoms with Gasteiger partial charge in [0.15, 0.2) is 0 Å². The third-order valence-electron chi connectivity index (χ3n) is 3.32. The summed E-state index contributed by atoms with van der Waals surface area (Å²) in [5, 5.41) is 9.61. The number of carbonyl (C=O) groups excluding carboxylic acids is 1. The molecule has 1 aromatic carbocycles. The lowest BCUT2D eigenvalue weighted by Gasteiger charge is -2.33. The molecular formula is C14H19NO3. The number of piperidine rings is 1. The molecule has 0 spiro atoms. The van der Waals surface area contributed by atoms with Crippen molar-refractivity contribution in [1.82, 2.24) is 4.90 Å². The summed E-state index contributed by atoms with van der Waals surface area (Å²) >= 11 is 0. The molecule has 1 aliphatic rings. The minimum Gasteiger partial charge on any atom is -0.445 e. The zero-order valence-electron chi connectivity index (χ0n) is 10.6. The smallest absolute Gasteiger partial charge is 0.410 e. The van der Waals surface area contributed by atoms with E-state index in [1.165, 1.54) is 0 Å². The van der Waals surface area contributed by atoms with Crippen molar-refractivity contribution in [3.8, 4) is 0 Å². The first-order chi connectivity index (χ1) is 8.66. The molecule has 0 radical (unpaired) electrons. The number of amides is 1. The Bertz CT molecular complexity index is 393. The molecule has 18 heavy (non-hydrogen) atoms. The van der Waals surface area contributed by atoms with E-state index >= 15 is 0 Å². The molecule has 1 N–H and O–H groups in total. The van der Waals surface area contributed by atoms with Crippen LogP contribution in [0.15, 0.2) is 30.3 Å². The number of ether oxygens (including phenoxy) is 1. The molecule has 1 saturated heterocycles. The van der Waals surface area contributed by atoms with E-state index in [1.54, 1.807) is 4.90 Å². The Morgan fingerprint density at radius 2 is 2.17 bits per heavy atom. The largest absolute Gasteiger partial charge is 0.445 e. The molecule has 4 nitrogen and oxygen atoms in total. The normalized spacial score (nSPS) is 23.8. The molecule has 1 heterocycles. The summed E-state index contributed by atoms with van der Waals surface area (Å²) in [6.07, 6.45) is 0.0301. The van der Waals surface area contributed by atoms with Crippen molar-refractivity contribution >= 4 is 6.09 Å². The van der Waals surface area contributed by atoms with Crippen LogP contribution in [0.5, 0.6) is 0 Å². The number of benzene rings is 1. The second kappa shape index (κ2) is 5.87. The Hall–Kier alpha value is -1.55. The number of aliphatic hydroxyl groups is 1. The Labute approximate surface area is 107 Å². The summed E-state index contributed by atoms with van der Waals surface area (Å²) in [6, 6.07) is 9.62. The Morgan fingerprint density at radius 3 is 2.83 bits per heavy atom. The molecule has 2 rings (SSSR count). The number of hydrogen-bond donors (Lipinski definition) is 1. The van der Waals surface area contributed by atoms with Crippen LogP contribution in [-0.2, 0) is 11.3 Å². The van der Waals surface area contributed by atoms with Crippen LogP contribution in [-0.4, -0.2) is 35.3 Å². The van der Waals surface area contributed by atoms with Crippen molar-refractivity contribution in [1.29, 1.82) is 0 Å². The van der Waals surface area contributed by atoms with Crippen molar-refractivity contribution in [2.45, 2.75) is 26.1 Å². The van der Waals surface area contributed by atoms with Gasteiger partial charge in [0.2, 0.25) is 0 Å². The van der Waals surface area contributed by atoms with E-state index in [0.717, 1.165) is 5.56 Å². The lowest BCUT2D eigenvalue weighted by Crippen LogP contribution is -2.45. The number of likely N-dealkylation sites (tertiary alicyclic amines) is 1. The number of carbonyl (C=O) groups is 1. The van der Waals surface area contributed by atoms with Crippen molar-refractivity contribution in [2.75, 3.05) is 13.1 Å². The second-order valence-corrected chi connectivity index (χ2v) is 4.82. The Kier molecular flexibility index (Phi) is 4.20. The van der Waals surface area contributed by atoms with Crippen LogP contribution in [0.1, 0.15) is 18.9 Å². The van der Waals surface area contributed by atoms with Crippen molar-refractivity contribution in [3.63, 3.8) is 0 Å². The molecule has 0 saturated carbocycles. The minimum atomic E-state index is -0.303. The van der Waals surface area contributed by atoms with Gasteiger partial charge in [-0.25, -0.2) is 4.79 Å². The first-order valence-electron chi connectivity index (χ1n) is 6.30. The van der Waals surface area contributed by atoms with Gasteiger partial charge in [0.05, 0.1) is 6.10 Å². The van der Waals surface area contributed by atoms with E-state index in [2.05, 4.69) is 0 Å². The Morgan fingerprint density at radius 1 is 1.44 bits per heavy atom. The monoisotopic (exact) mass is 249 g/mol. The van der Waals surface area contributed by atoms with Gasteiger partial charge in [-0.15, -0.1) is 0 Å². The van der Waals surface area contributed by atoms with Gasteiger partial charge in [-0.2, -0.15) is 0 Å². The molecule has 1 aliphatic heterocycles. The lowest BCUT2D eigenvalue weighted by atomic mass is 9.97. The fraction of sp³-hybridized carbons (Fsp3) is 0.500. The first-order valence-corrected chi connectivity index (χ1v) is 6.30. The highest BCUT2D eigenvalue weighted by Crippen LogP contribution is 2.17. The maximum Gasteiger partial charge on any atom is 0.410 e. The topological polar surface area (TPSA) is 49.8 Å². The zero-order valence-corrected chi connectivity index (χ0v) is 10.6. The second-order valence-electron chi connectivity index (χ2n) is 4.82. The number of hydrogen-bond acceptors (Lipinski definition) is 3. The van der Waals surface area contributed by atoms with E-state index in [1.807, 2.05) is 37.3 Å². The van der Waals surface area contributed by atoms with E-state index in [4.69, 9.17) is 4.74 Å². The highest BCUT2D eigenvalue weighted by molar-refractivity contribution is 5.67. The van der Waals surface area contributed by atoms with Crippen LogP contribution in [0, 0.1) is 5.92 Å². The summed E-state index contributed by atoms with van der Waals surface area (Å²) in [5.74, 6) is 0.114. The van der Waals surface area contributed by atoms with Crippen LogP contribution in [0.2, 0.25) is 0 Å². The molecule has 0 aromatic heterocycles. The van der Waals surface area contributed by atoms with Crippen LogP contribution in [0.3, 0.4) is 0 Å². The average Bonchev–Trinajstić information content (AvgIpc) is 2.40. The van der Waals surface area contributed by atoms with E-state index in [0.29, 0.717) is 26.1 Å². The van der Waals surface area contributed by atoms with Gasteiger partial charge in [-0.3, -0.25) is 0 Å². The quantitative estimate of drug-likeness (QED) is 0.872. The molecular weight excluding hydrogens is 230 g/mol. The van der Waals surface area contributed by atoms with Crippen molar-refractivity contribution < 1.29 is 14.6 Å². The molecule has 0 aliphatic carbocycles. The lowest BCUT2D eigenvalue weighted by molar-refractivity contribution is 0.0248. The van der Waals surface area contributed by atoms with Gasteiger partial charge in [0.25, 0.3) is 0 Å². The van der Waals surface area contributed by atoms with Gasteiger partial charge in [-0.05, 0) is 17.9 Å². The summed E-state index contributed by atoms with van der Waals surface area (Å²) in [7, 11) is 0. The minimum absolute atomic E-state index is 0.114. The molecule has 1 amide bonds. The van der Waals surface area contributed by atoms with Crippen molar-refractivity contribution in [2.24, 2.45) is 5.92 Å². The number of aliphatic hydroxyl groups excluding tert-OH is 1. The van der Waals surface area contributed by atoms with E-state index < -0.39 is 0 Å². The maximum atomic E-state index is 11.8. The Balaban J connectivity index is 1.82. The fourth-order valence-corrected chi connectivity index (χ4v) is 2.11. The SMILES string of the molecule is C[C@H]1CN(C(=O)OCc2ccccc2)CC[C@H]1O. The molecule has 1 fully saturated rings. The number of nitrogens with zero attached hydrogens (tertiary/aromatic N) is 1. The van der Waals surface area contributed by atoms with Crippen LogP contribution < -0.4 is 0 Å². The third kappa shape index (κ3) is 3.23. The molecule has 0 bridgehead atoms. The average molecular weight is 249 g/mol. The molecule has 2 atom stereocenters. The van der Waals surface area contributed by atoms with Gasteiger partial charge < -0.3 is 14.7 Å². The summed E-state index contributed by atoms with van der Waals surface area (Å²) in [4.78, 5) is 13.5. The van der Waals surface area contributed by atoms with E-state index in [9.17, 15) is 9.90 Å². The molecule has 1 aromatic rings. The fourth-order valence-electron chi connectivity index (χ4n) is 2.11. The molecule has 0 unspecified atom stereocenters. The third-order valence-corrected chi connectivity index (χ3v) is 3.32. The standard InChI is InChI=1S/C14H19NO3/c1-11-9-15(8-7-13(11)16)14(17)18-10-12-5-3-2-4-6-12/h2-6,11,13,16H,7-10H2,1H3/t11-,13+/m0/s1. The van der Waals surface area contributed by atoms with Gasteiger partial charge in [-0.1, -0.05) is 37.3 Å². The first kappa shape index (κ1) is 12.9. The zero-order chi connectivity index (χ0) is 13.0. The summed E-state index contributed by atoms with van der Waals surface area (Å²) in [6.45, 7) is 3.38. The summed E-state index contributed by atoms with van der Waals surface area (Å²) < 4.78 is 5.26. The predicted molar refractivity (Wildman–Crippen MR) is 68.0 cm³/mol. The van der Waals surface area contributed by atoms with Gasteiger partial charge in [0.1, 0.15) is 6.61 Å². The number of rotatable bonds is 2. The predicted octanol–water partition coefficient (Wildman–Crippen LogP) is 2.03. The van der Waals surface area contributed by atoms with Crippen LogP contribution >= 0.6 is 0 Å². The van der Waals surface area contributed by atoms with E-state index in [-0.39, 0.29) is 18.1 Å². The molecule has 98 valence electrons. The highest BCUT2D eigenvalue weighted by Gasteiger charge is 2.27. The van der Waals surface area contributed by atoms with Crippen molar-refractivity contribution in [3.05, 3.63) is 35.9 Å². The van der Waals surface area contributed by atoms with Crippen LogP contribution in [0.25, 0.3) is 0 Å². The highest BCUT2D eigenvalue weighted by atomic mass is 16.6. The molecule has 4 heteroatoms. The van der Waals surface area contributed by atoms with Crippen LogP contribution in [0.4, 0.5) is 4.79 Å². The van der Waals surface area contributed by atoms with Gasteiger partial charge >= 0.3 is 6.09 Å².